The van der Waals surface area contributed by atoms with Crippen molar-refractivity contribution in [1.29, 1.82) is 0 Å². The van der Waals surface area contributed by atoms with E-state index in [4.69, 9.17) is 0 Å². The molecule has 0 aromatic heterocycles. The monoisotopic (exact) mass is 447 g/mol. The van der Waals surface area contributed by atoms with Gasteiger partial charge < -0.3 is 10.0 Å². The highest BCUT2D eigenvalue weighted by Crippen LogP contribution is 2.37. The average Bonchev–Trinajstić information content (AvgIpc) is 2.81. The van der Waals surface area contributed by atoms with Crippen molar-refractivity contribution in [3.8, 4) is 5.75 Å². The number of phenolic OH excluding ortho intramolecular Hbond substituents is 1. The van der Waals surface area contributed by atoms with Gasteiger partial charge in [0.15, 0.2) is 0 Å². The Morgan fingerprint density at radius 3 is 2.33 bits per heavy atom. The molecule has 3 atom stereocenters. The molecule has 0 radical (unpaired) electrons. The minimum atomic E-state index is 0.0451. The third-order valence-electron chi connectivity index (χ3n) is 7.32. The van der Waals surface area contributed by atoms with Crippen LogP contribution in [0.5, 0.6) is 5.75 Å². The highest BCUT2D eigenvalue weighted by atomic mass is 16.3. The van der Waals surface area contributed by atoms with Crippen molar-refractivity contribution in [2.45, 2.75) is 51.2 Å². The Kier molecular flexibility index (Phi) is 7.51. The summed E-state index contributed by atoms with van der Waals surface area (Å²) in [5.41, 5.74) is 2.98. The van der Waals surface area contributed by atoms with E-state index in [0.717, 1.165) is 36.3 Å². The number of benzene rings is 2. The maximum Gasteiger partial charge on any atom is 0.253 e. The number of fused-ring (bicyclic) bond motifs is 2. The predicted octanol–water partition coefficient (Wildman–Crippen LogP) is 4.69. The second-order valence-electron chi connectivity index (χ2n) is 9.27. The Labute approximate surface area is 198 Å². The standard InChI is InChI=1S/C28H37N3O2/c1-4-17-31-24-10-8-11-25(31)20-30(19-24)27(23-9-7-12-26(32)18-23)21-13-15-22(16-14-21)28(33)29(5-2)6-3/h4,7,9,12-16,18,24-25,27,32H,1,5-6,8,10-11,17,19-20H2,2-3H3. The van der Waals surface area contributed by atoms with Crippen molar-refractivity contribution in [3.63, 3.8) is 0 Å². The van der Waals surface area contributed by atoms with Crippen LogP contribution in [-0.4, -0.2) is 70.5 Å². The van der Waals surface area contributed by atoms with Gasteiger partial charge >= 0.3 is 0 Å². The smallest absolute Gasteiger partial charge is 0.253 e. The SMILES string of the molecule is C=CCN1C2CCCC1CN(C(c1ccc(C(=O)N(CC)CC)cc1)c1cccc(O)c1)C2. The Morgan fingerprint density at radius 2 is 1.76 bits per heavy atom. The summed E-state index contributed by atoms with van der Waals surface area (Å²) in [6, 6.07) is 16.8. The molecular weight excluding hydrogens is 410 g/mol. The van der Waals surface area contributed by atoms with E-state index in [-0.39, 0.29) is 17.7 Å². The largest absolute Gasteiger partial charge is 0.508 e. The van der Waals surface area contributed by atoms with Gasteiger partial charge in [-0.2, -0.15) is 0 Å². The molecule has 5 nitrogen and oxygen atoms in total. The lowest BCUT2D eigenvalue weighted by Gasteiger charge is -2.52. The Morgan fingerprint density at radius 1 is 1.09 bits per heavy atom. The zero-order chi connectivity index (χ0) is 23.4. The molecule has 2 bridgehead atoms. The van der Waals surface area contributed by atoms with Crippen LogP contribution in [0.15, 0.2) is 61.2 Å². The number of phenols is 1. The van der Waals surface area contributed by atoms with Crippen LogP contribution in [0.3, 0.4) is 0 Å². The van der Waals surface area contributed by atoms with Crippen LogP contribution in [0, 0.1) is 0 Å². The Bertz CT molecular complexity index is 940. The fourth-order valence-corrected chi connectivity index (χ4v) is 5.70. The first-order chi connectivity index (χ1) is 16.0. The van der Waals surface area contributed by atoms with E-state index < -0.39 is 0 Å². The van der Waals surface area contributed by atoms with Crippen LogP contribution >= 0.6 is 0 Å². The molecule has 176 valence electrons. The van der Waals surface area contributed by atoms with Crippen molar-refractivity contribution >= 4 is 5.91 Å². The van der Waals surface area contributed by atoms with Gasteiger partial charge in [-0.25, -0.2) is 0 Å². The Hall–Kier alpha value is -2.63. The summed E-state index contributed by atoms with van der Waals surface area (Å²) < 4.78 is 0. The minimum Gasteiger partial charge on any atom is -0.508 e. The maximum absolute atomic E-state index is 12.8. The first kappa shape index (κ1) is 23.5. The molecule has 1 N–H and O–H groups in total. The fraction of sp³-hybridized carbons (Fsp3) is 0.464. The zero-order valence-corrected chi connectivity index (χ0v) is 20.0. The molecule has 0 aliphatic carbocycles. The lowest BCUT2D eigenvalue weighted by Crippen LogP contribution is -2.61. The van der Waals surface area contributed by atoms with Gasteiger partial charge in [0.1, 0.15) is 5.75 Å². The molecule has 0 spiro atoms. The first-order valence-corrected chi connectivity index (χ1v) is 12.3. The van der Waals surface area contributed by atoms with Crippen molar-refractivity contribution in [2.75, 3.05) is 32.7 Å². The third kappa shape index (κ3) is 4.99. The highest BCUT2D eigenvalue weighted by Gasteiger charge is 2.39. The summed E-state index contributed by atoms with van der Waals surface area (Å²) in [5, 5.41) is 10.2. The summed E-state index contributed by atoms with van der Waals surface area (Å²) in [6.07, 6.45) is 5.74. The van der Waals surface area contributed by atoms with E-state index in [2.05, 4.69) is 34.6 Å². The van der Waals surface area contributed by atoms with Crippen molar-refractivity contribution in [1.82, 2.24) is 14.7 Å². The minimum absolute atomic E-state index is 0.0451. The number of piperidine rings is 1. The molecule has 2 aromatic rings. The number of hydrogen-bond acceptors (Lipinski definition) is 4. The van der Waals surface area contributed by atoms with E-state index in [1.54, 1.807) is 6.07 Å². The molecule has 33 heavy (non-hydrogen) atoms. The van der Waals surface area contributed by atoms with E-state index in [1.165, 1.54) is 19.3 Å². The first-order valence-electron chi connectivity index (χ1n) is 12.3. The summed E-state index contributed by atoms with van der Waals surface area (Å²) in [5.74, 6) is 0.365. The number of piperazine rings is 1. The number of aromatic hydroxyl groups is 1. The van der Waals surface area contributed by atoms with Gasteiger partial charge in [-0.05, 0) is 62.1 Å². The molecule has 1 amide bonds. The van der Waals surface area contributed by atoms with E-state index in [1.807, 2.05) is 49.1 Å². The number of hydrogen-bond donors (Lipinski definition) is 1. The average molecular weight is 448 g/mol. The van der Waals surface area contributed by atoms with E-state index >= 15 is 0 Å². The van der Waals surface area contributed by atoms with Crippen molar-refractivity contribution < 1.29 is 9.90 Å². The van der Waals surface area contributed by atoms with Crippen LogP contribution in [-0.2, 0) is 0 Å². The van der Waals surface area contributed by atoms with Crippen molar-refractivity contribution in [2.24, 2.45) is 0 Å². The molecule has 2 fully saturated rings. The lowest BCUT2D eigenvalue weighted by molar-refractivity contribution is -0.0128. The molecule has 2 aromatic carbocycles. The lowest BCUT2D eigenvalue weighted by atomic mass is 9.87. The van der Waals surface area contributed by atoms with Gasteiger partial charge in [-0.15, -0.1) is 6.58 Å². The maximum atomic E-state index is 12.8. The molecule has 4 rings (SSSR count). The summed E-state index contributed by atoms with van der Waals surface area (Å²) >= 11 is 0. The number of carbonyl (C=O) groups is 1. The summed E-state index contributed by atoms with van der Waals surface area (Å²) in [4.78, 5) is 19.8. The number of amides is 1. The van der Waals surface area contributed by atoms with Gasteiger partial charge in [0.05, 0.1) is 6.04 Å². The van der Waals surface area contributed by atoms with Crippen molar-refractivity contribution in [3.05, 3.63) is 77.9 Å². The van der Waals surface area contributed by atoms with Gasteiger partial charge in [0.25, 0.3) is 5.91 Å². The topological polar surface area (TPSA) is 47.0 Å². The van der Waals surface area contributed by atoms with Gasteiger partial charge in [0.2, 0.25) is 0 Å². The van der Waals surface area contributed by atoms with Gasteiger partial charge in [-0.1, -0.05) is 36.8 Å². The molecule has 2 aliphatic heterocycles. The molecule has 2 aliphatic rings. The number of likely N-dealkylation sites (tertiary alicyclic amines) is 1. The number of carbonyl (C=O) groups excluding carboxylic acids is 1. The zero-order valence-electron chi connectivity index (χ0n) is 20.0. The van der Waals surface area contributed by atoms with E-state index in [0.29, 0.717) is 25.2 Å². The van der Waals surface area contributed by atoms with Crippen LogP contribution in [0.1, 0.15) is 60.6 Å². The number of nitrogens with zero attached hydrogens (tertiary/aromatic N) is 3. The summed E-state index contributed by atoms with van der Waals surface area (Å²) in [6.45, 7) is 12.3. The number of rotatable bonds is 8. The van der Waals surface area contributed by atoms with Crippen LogP contribution < -0.4 is 0 Å². The van der Waals surface area contributed by atoms with Crippen LogP contribution in [0.4, 0.5) is 0 Å². The molecule has 0 saturated carbocycles. The molecule has 2 saturated heterocycles. The van der Waals surface area contributed by atoms with E-state index in [9.17, 15) is 9.90 Å². The van der Waals surface area contributed by atoms with Gasteiger partial charge in [0, 0.05) is 50.4 Å². The fourth-order valence-electron chi connectivity index (χ4n) is 5.70. The van der Waals surface area contributed by atoms with Gasteiger partial charge in [-0.3, -0.25) is 14.6 Å². The normalized spacial score (nSPS) is 22.0. The van der Waals surface area contributed by atoms with Crippen LogP contribution in [0.25, 0.3) is 0 Å². The molecule has 3 unspecified atom stereocenters. The molecule has 2 heterocycles. The Balaban J connectivity index is 1.66. The highest BCUT2D eigenvalue weighted by molar-refractivity contribution is 5.94. The summed E-state index contributed by atoms with van der Waals surface area (Å²) in [7, 11) is 0. The molecular formula is C28H37N3O2. The molecule has 5 heteroatoms. The second kappa shape index (κ2) is 10.5. The second-order valence-corrected chi connectivity index (χ2v) is 9.27. The quantitative estimate of drug-likeness (QED) is 0.597. The predicted molar refractivity (Wildman–Crippen MR) is 134 cm³/mol. The third-order valence-corrected chi connectivity index (χ3v) is 7.32. The van der Waals surface area contributed by atoms with Crippen LogP contribution in [0.2, 0.25) is 0 Å².